The molecule has 12 heterocycles. The fourth-order valence-electron chi connectivity index (χ4n) is 12.8. The molecule has 0 spiro atoms. The Morgan fingerprint density at radius 2 is 0.771 bits per heavy atom. The average Bonchev–Trinajstić information content (AvgIpc) is 0.830. The third kappa shape index (κ3) is 51.0. The maximum atomic E-state index is 12.8. The van der Waals surface area contributed by atoms with Crippen LogP contribution >= 0.6 is 0 Å². The summed E-state index contributed by atoms with van der Waals surface area (Å²) in [7, 11) is -6.97. The summed E-state index contributed by atoms with van der Waals surface area (Å²) in [6, 6.07) is 48.1. The van der Waals surface area contributed by atoms with Crippen molar-refractivity contribution in [1.82, 2.24) is 59.8 Å². The van der Waals surface area contributed by atoms with Gasteiger partial charge in [0.15, 0.2) is 5.78 Å². The first-order valence-electron chi connectivity index (χ1n) is 46.6. The molecular weight excluding hydrogens is 1800 g/mol. The summed E-state index contributed by atoms with van der Waals surface area (Å²) in [4.78, 5) is 63.3. The van der Waals surface area contributed by atoms with E-state index in [0.29, 0.717) is 39.8 Å². The summed E-state index contributed by atoms with van der Waals surface area (Å²) in [5, 5.41) is 0.421. The van der Waals surface area contributed by atoms with Crippen LogP contribution in [0, 0.1) is 59.5 Å². The van der Waals surface area contributed by atoms with Crippen LogP contribution in [0.2, 0.25) is 0 Å². The van der Waals surface area contributed by atoms with E-state index in [-0.39, 0.29) is 95.8 Å². The standard InChI is InChI=1S/C11H15NO.C10H16N2S.4C10H15N.C9H12FN.2C9H14N2OS.C9H13N.2C8H10FN.3CH4/c1-4-10(13)9-6-5-7-12-11(9)8(2)3;1-8(2)10-9(13(3,4)11)6-5-7-12-10;1-8-9(10(2,3)4)6-5-7-11-8;2*1-8-6-5-7-11-9(8)10(2,3)4;1-8-6-5-7-9(11-8)10(2,3)4;1-9(2,3)8-5-4-7(10)6-11-8;1-7(2)9-8(13(3,10)12)5-4-6-11-9;1-7(2)8-5-4-6-11-9(8)13(3,10)12;1-9(2,3)8-6-4-5-7-10-8;1-6(2)8-5-7(9)3-4-10-8;1-6(2)8-7(9)4-3-5-10-8;;;/h5-8H,4H2,1-3H3;5-8,11H,3H2,1-2,4H3;4*5-7H,1-4H3;4-6H,1-3H3;2*4-7,10H,1-3H3;4-7H,1-3H3;2*3-6H,1-2H3;3*1H4/t;;;;;;;2*13-;;;;;;/m.......10....../s1. The van der Waals surface area contributed by atoms with Crippen LogP contribution in [0.1, 0.15) is 380 Å². The minimum atomic E-state index is -2.69. The second kappa shape index (κ2) is 61.8. The molecule has 0 fully saturated rings. The highest BCUT2D eigenvalue weighted by Crippen LogP contribution is 2.30. The van der Waals surface area contributed by atoms with Crippen molar-refractivity contribution in [2.75, 3.05) is 18.8 Å². The number of ketones is 1. The molecule has 0 bridgehead atoms. The maximum absolute atomic E-state index is 12.8. The second-order valence-electron chi connectivity index (χ2n) is 41.6. The zero-order chi connectivity index (χ0) is 105. The molecule has 0 amide bonds. The molecule has 18 nitrogen and oxygen atoms in total. The molecule has 0 aromatic carbocycles. The SMILES string of the molecule is C.C.C.C=S(C)(=N)c1cccnc1C(C)C.CC(C)(C)c1ccc(F)cn1.CC(C)(C)c1ccccn1.CC(C)c1cc(F)ccn1.CC(C)c1cccnc1[S@@](C)(=N)=O.CC(C)c1ncccc1F.CC(C)c1ncccc1[S@](C)(=N)=O.CCC(=O)c1cccnc1C(C)C.Cc1cccc(C(C)(C)C)n1.Cc1cccnc1C(C)(C)C.Cc1cccnc1C(C)(C)C.Cc1ncccc1C(C)(C)C. The normalized spacial score (nSPS) is 12.2. The monoisotopic (exact) mass is 1980 g/mol. The Morgan fingerprint density at radius 3 is 1.09 bits per heavy atom. The third-order valence-corrected chi connectivity index (χ3v) is 23.5. The smallest absolute Gasteiger partial charge is 0.164 e. The molecule has 12 rings (SSSR count). The lowest BCUT2D eigenvalue weighted by molar-refractivity contribution is 0.0986. The van der Waals surface area contributed by atoms with E-state index >= 15 is 0 Å². The van der Waals surface area contributed by atoms with Crippen molar-refractivity contribution in [2.24, 2.45) is 0 Å². The number of nitrogens with zero attached hydrogens (tertiary/aromatic N) is 12. The molecule has 0 aliphatic rings. The van der Waals surface area contributed by atoms with E-state index in [1.54, 1.807) is 55.2 Å². The average molecular weight is 1980 g/mol. The van der Waals surface area contributed by atoms with Crippen LogP contribution in [-0.4, -0.2) is 98.6 Å². The van der Waals surface area contributed by atoms with Gasteiger partial charge in [-0.2, -0.15) is 0 Å². The first-order chi connectivity index (χ1) is 63.0. The van der Waals surface area contributed by atoms with Gasteiger partial charge in [-0.15, -0.1) is 9.41 Å². The molecule has 0 aliphatic carbocycles. The van der Waals surface area contributed by atoms with E-state index in [4.69, 9.17) is 14.3 Å². The first-order valence-corrected chi connectivity index (χ1v) is 52.8. The van der Waals surface area contributed by atoms with Crippen molar-refractivity contribution in [2.45, 2.75) is 354 Å². The number of rotatable bonds is 11. The molecule has 0 radical (unpaired) electrons. The van der Waals surface area contributed by atoms with Crippen molar-refractivity contribution in [3.63, 3.8) is 0 Å². The molecule has 1 unspecified atom stereocenters. The number of Topliss-reactive ketones (excluding diaryl/α,β-unsaturated/α-hetero) is 1. The second-order valence-corrected chi connectivity index (χ2v) is 48.4. The number of hydrogen-bond donors (Lipinski definition) is 3. The van der Waals surface area contributed by atoms with Crippen LogP contribution in [0.4, 0.5) is 13.2 Å². The summed E-state index contributed by atoms with van der Waals surface area (Å²) in [6.45, 7) is 73.1. The lowest BCUT2D eigenvalue weighted by Gasteiger charge is -2.20. The van der Waals surface area contributed by atoms with Crippen LogP contribution in [-0.2, 0) is 61.4 Å². The van der Waals surface area contributed by atoms with Crippen molar-refractivity contribution in [1.29, 1.82) is 14.3 Å². The van der Waals surface area contributed by atoms with E-state index in [2.05, 4.69) is 254 Å². The number of nitrogens with one attached hydrogen (secondary N) is 3. The predicted octanol–water partition coefficient (Wildman–Crippen LogP) is 32.1. The van der Waals surface area contributed by atoms with Crippen molar-refractivity contribution < 1.29 is 26.4 Å². The van der Waals surface area contributed by atoms with Gasteiger partial charge in [0.1, 0.15) is 22.5 Å². The summed E-state index contributed by atoms with van der Waals surface area (Å²) in [5.74, 6) is 4.99. The lowest BCUT2D eigenvalue weighted by Crippen LogP contribution is -2.14. The molecule has 0 saturated carbocycles. The summed E-state index contributed by atoms with van der Waals surface area (Å²) >= 11 is 0. The number of aromatic nitrogens is 12. The highest BCUT2D eigenvalue weighted by molar-refractivity contribution is 8.00. The Labute approximate surface area is 847 Å². The van der Waals surface area contributed by atoms with Gasteiger partial charge in [0.05, 0.1) is 53.3 Å². The Bertz CT molecular complexity index is 5630. The van der Waals surface area contributed by atoms with Gasteiger partial charge in [-0.05, 0) is 218 Å². The van der Waals surface area contributed by atoms with Gasteiger partial charge in [0.25, 0.3) is 0 Å². The molecule has 772 valence electrons. The molecular formula is C116H176F3N15O3S3. The van der Waals surface area contributed by atoms with Crippen molar-refractivity contribution >= 4 is 40.5 Å². The van der Waals surface area contributed by atoms with Gasteiger partial charge in [0, 0.05) is 164 Å². The molecule has 24 heteroatoms. The van der Waals surface area contributed by atoms with E-state index in [1.807, 2.05) is 194 Å². The van der Waals surface area contributed by atoms with Crippen LogP contribution in [0.15, 0.2) is 241 Å². The number of aryl methyl sites for hydroxylation is 4. The van der Waals surface area contributed by atoms with Gasteiger partial charge in [0.2, 0.25) is 0 Å². The predicted molar refractivity (Wildman–Crippen MR) is 593 cm³/mol. The Balaban J connectivity index is -0.00000146. The quantitative estimate of drug-likeness (QED) is 0.0802. The van der Waals surface area contributed by atoms with E-state index in [1.165, 1.54) is 77.2 Å². The van der Waals surface area contributed by atoms with Gasteiger partial charge >= 0.3 is 0 Å². The fraction of sp³-hybridized carbons (Fsp3) is 0.466. The van der Waals surface area contributed by atoms with Crippen LogP contribution < -0.4 is 0 Å². The molecule has 0 saturated heterocycles. The van der Waals surface area contributed by atoms with E-state index < -0.39 is 28.9 Å². The van der Waals surface area contributed by atoms with Crippen LogP contribution in [0.25, 0.3) is 0 Å². The Morgan fingerprint density at radius 1 is 0.364 bits per heavy atom. The largest absolute Gasteiger partial charge is 0.294 e. The van der Waals surface area contributed by atoms with Crippen LogP contribution in [0.3, 0.4) is 0 Å². The molecule has 12 aromatic heterocycles. The van der Waals surface area contributed by atoms with Gasteiger partial charge in [-0.3, -0.25) is 64.4 Å². The Hall–Kier alpha value is -10.8. The van der Waals surface area contributed by atoms with Gasteiger partial charge in [-0.1, -0.05) is 279 Å². The fourth-order valence-corrected chi connectivity index (χ4v) is 16.0. The maximum Gasteiger partial charge on any atom is 0.164 e. The highest BCUT2D eigenvalue weighted by Gasteiger charge is 2.23. The first kappa shape index (κ1) is 133. The van der Waals surface area contributed by atoms with Crippen molar-refractivity contribution in [3.05, 3.63) is 339 Å². The minimum absolute atomic E-state index is 0. The Kier molecular flexibility index (Phi) is 58.8. The topological polar surface area (TPSA) is 277 Å². The number of hydrogen-bond acceptors (Lipinski definition) is 18. The van der Waals surface area contributed by atoms with Crippen molar-refractivity contribution in [3.8, 4) is 0 Å². The summed E-state index contributed by atoms with van der Waals surface area (Å²) in [5.41, 5.74) is 18.4. The van der Waals surface area contributed by atoms with Gasteiger partial charge < -0.3 is 0 Å². The highest BCUT2D eigenvalue weighted by atomic mass is 32.2. The minimum Gasteiger partial charge on any atom is -0.294 e. The number of carbonyl (C=O) groups is 1. The van der Waals surface area contributed by atoms with E-state index in [0.717, 1.165) is 67.3 Å². The summed E-state index contributed by atoms with van der Waals surface area (Å²) < 4.78 is 83.6. The van der Waals surface area contributed by atoms with E-state index in [9.17, 15) is 26.4 Å². The number of carbonyl (C=O) groups excluding carboxylic acids is 1. The third-order valence-electron chi connectivity index (χ3n) is 19.9. The molecule has 140 heavy (non-hydrogen) atoms. The summed E-state index contributed by atoms with van der Waals surface area (Å²) in [6.07, 6.45) is 23.8. The number of halogens is 3. The van der Waals surface area contributed by atoms with Gasteiger partial charge in [-0.25, -0.2) is 36.1 Å². The zero-order valence-corrected chi connectivity index (χ0v) is 92.1. The molecule has 12 aromatic rings. The molecule has 3 N–H and O–H groups in total. The zero-order valence-electron chi connectivity index (χ0n) is 89.7. The lowest BCUT2D eigenvalue weighted by atomic mass is 9.86. The molecule has 3 atom stereocenters. The van der Waals surface area contributed by atoms with Crippen LogP contribution in [0.5, 0.6) is 0 Å². The molecule has 0 aliphatic heterocycles. The number of pyridine rings is 12.